The molecule has 0 radical (unpaired) electrons. The molecule has 1 atom stereocenters. The Bertz CT molecular complexity index is 1030. The lowest BCUT2D eigenvalue weighted by Crippen LogP contribution is -2.50. The van der Waals surface area contributed by atoms with E-state index >= 15 is 0 Å². The van der Waals surface area contributed by atoms with E-state index in [9.17, 15) is 4.79 Å². The van der Waals surface area contributed by atoms with Crippen molar-refractivity contribution in [2.24, 2.45) is 10.1 Å². The van der Waals surface area contributed by atoms with Crippen LogP contribution in [0.5, 0.6) is 0 Å². The van der Waals surface area contributed by atoms with Gasteiger partial charge in [-0.05, 0) is 29.5 Å². The number of nitrogens with one attached hydrogen (secondary N) is 1. The molecule has 1 unspecified atom stereocenters. The number of amidine groups is 1. The van der Waals surface area contributed by atoms with Gasteiger partial charge in [-0.3, -0.25) is 15.1 Å². The second-order valence-corrected chi connectivity index (χ2v) is 7.74. The van der Waals surface area contributed by atoms with Crippen LogP contribution in [-0.2, 0) is 4.79 Å². The Morgan fingerprint density at radius 1 is 1.15 bits per heavy atom. The van der Waals surface area contributed by atoms with Crippen LogP contribution < -0.4 is 20.8 Å². The van der Waals surface area contributed by atoms with Gasteiger partial charge in [-0.1, -0.05) is 49.0 Å². The second kappa shape index (κ2) is 7.08. The quantitative estimate of drug-likeness (QED) is 0.881. The third-order valence-electron chi connectivity index (χ3n) is 4.50. The topological polar surface area (TPSA) is 60.3 Å². The second-order valence-electron chi connectivity index (χ2n) is 6.49. The first-order valence-corrected chi connectivity index (χ1v) is 9.83. The standard InChI is InChI=1S/C20H21N5OS/c1-4-27-20-22-19(26)17-15-7-5-6-8-16(15)21-18(25(17)23-20)13-9-11-14(12-10-13)24(2)3/h5-12,18H,4H2,1-3H3,(H,22,23,26). The number of rotatable bonds is 3. The number of fused-ring (bicyclic) bond motifs is 2. The Kier molecular flexibility index (Phi) is 4.61. The number of carbonyl (C=O) groups is 1. The fraction of sp³-hybridized carbons (Fsp3) is 0.250. The summed E-state index contributed by atoms with van der Waals surface area (Å²) in [5.74, 6) is 0.691. The molecule has 2 aliphatic rings. The molecule has 1 amide bonds. The van der Waals surface area contributed by atoms with Gasteiger partial charge >= 0.3 is 0 Å². The predicted octanol–water partition coefficient (Wildman–Crippen LogP) is 1.65. The molecule has 27 heavy (non-hydrogen) atoms. The maximum Gasteiger partial charge on any atom is 0.276 e. The average Bonchev–Trinajstić information content (AvgIpc) is 2.67. The minimum absolute atomic E-state index is 0.141. The molecule has 0 saturated carbocycles. The van der Waals surface area contributed by atoms with Gasteiger partial charge in [0.2, 0.25) is 0 Å². The zero-order valence-corrected chi connectivity index (χ0v) is 16.3. The first kappa shape index (κ1) is 17.6. The summed E-state index contributed by atoms with van der Waals surface area (Å²) in [5, 5.41) is 11.6. The highest BCUT2D eigenvalue weighted by Crippen LogP contribution is 2.31. The molecule has 2 aromatic carbocycles. The number of hydrogen-bond donors (Lipinski definition) is 1. The summed E-state index contributed by atoms with van der Waals surface area (Å²) in [5.41, 5.74) is 2.65. The molecule has 0 aromatic heterocycles. The Labute approximate surface area is 162 Å². The molecule has 2 aliphatic heterocycles. The minimum atomic E-state index is -0.371. The van der Waals surface area contributed by atoms with Gasteiger partial charge < -0.3 is 4.90 Å². The van der Waals surface area contributed by atoms with Gasteiger partial charge in [-0.2, -0.15) is 0 Å². The number of para-hydroxylation sites is 1. The van der Waals surface area contributed by atoms with Crippen molar-refractivity contribution in [3.8, 4) is 0 Å². The van der Waals surface area contributed by atoms with E-state index in [1.807, 2.05) is 57.4 Å². The van der Waals surface area contributed by atoms with Crippen molar-refractivity contribution >= 4 is 34.2 Å². The van der Waals surface area contributed by atoms with Crippen LogP contribution in [0.2, 0.25) is 0 Å². The van der Waals surface area contributed by atoms with Crippen LogP contribution in [0.3, 0.4) is 0 Å². The number of nitrogens with zero attached hydrogens (tertiary/aromatic N) is 4. The van der Waals surface area contributed by atoms with Gasteiger partial charge in [0.15, 0.2) is 11.3 Å². The Morgan fingerprint density at radius 3 is 2.59 bits per heavy atom. The van der Waals surface area contributed by atoms with E-state index in [0.717, 1.165) is 27.6 Å². The Hall–Kier alpha value is -2.80. The summed E-state index contributed by atoms with van der Waals surface area (Å²) in [7, 11) is 4.02. The van der Waals surface area contributed by atoms with Crippen LogP contribution in [0, 0.1) is 0 Å². The molecule has 6 nitrogen and oxygen atoms in total. The highest BCUT2D eigenvalue weighted by Gasteiger charge is 2.34. The number of amides is 1. The SMILES string of the molecule is CCSC1=NN2C(=c3ccccc3=NC2c2ccc(N(C)C)cc2)C(=O)N1. The van der Waals surface area contributed by atoms with Crippen molar-refractivity contribution < 1.29 is 4.79 Å². The Balaban J connectivity index is 1.88. The molecule has 4 rings (SSSR count). The number of benzene rings is 2. The number of carbonyl (C=O) groups excluding carboxylic acids is 1. The van der Waals surface area contributed by atoms with Gasteiger partial charge in [-0.25, -0.2) is 5.01 Å². The van der Waals surface area contributed by atoms with E-state index in [2.05, 4.69) is 22.3 Å². The predicted molar refractivity (Wildman–Crippen MR) is 110 cm³/mol. The molecule has 0 aliphatic carbocycles. The minimum Gasteiger partial charge on any atom is -0.378 e. The molecular formula is C20H21N5OS. The molecule has 1 N–H and O–H groups in total. The number of hydrazone groups is 1. The summed E-state index contributed by atoms with van der Waals surface area (Å²) in [4.78, 5) is 19.8. The Morgan fingerprint density at radius 2 is 1.89 bits per heavy atom. The molecule has 7 heteroatoms. The maximum atomic E-state index is 12.9. The van der Waals surface area contributed by atoms with E-state index in [1.54, 1.807) is 5.01 Å². The summed E-state index contributed by atoms with van der Waals surface area (Å²) < 4.78 is 0. The number of anilines is 1. The van der Waals surface area contributed by atoms with E-state index in [-0.39, 0.29) is 12.1 Å². The molecule has 0 spiro atoms. The molecule has 2 heterocycles. The van der Waals surface area contributed by atoms with Gasteiger partial charge in [0.05, 0.1) is 5.36 Å². The largest absolute Gasteiger partial charge is 0.378 e. The summed E-state index contributed by atoms with van der Waals surface area (Å²) in [6.07, 6.45) is -0.371. The van der Waals surface area contributed by atoms with Crippen molar-refractivity contribution in [1.82, 2.24) is 10.3 Å². The lowest BCUT2D eigenvalue weighted by Gasteiger charge is -2.34. The average molecular weight is 379 g/mol. The van der Waals surface area contributed by atoms with Crippen molar-refractivity contribution in [2.45, 2.75) is 13.1 Å². The number of thioether (sulfide) groups is 1. The lowest BCUT2D eigenvalue weighted by atomic mass is 10.1. The van der Waals surface area contributed by atoms with Crippen LogP contribution >= 0.6 is 11.8 Å². The van der Waals surface area contributed by atoms with Crippen molar-refractivity contribution in [3.05, 3.63) is 64.7 Å². The summed E-state index contributed by atoms with van der Waals surface area (Å²) in [6.45, 7) is 2.03. The van der Waals surface area contributed by atoms with Gasteiger partial charge in [-0.15, -0.1) is 5.10 Å². The van der Waals surface area contributed by atoms with Crippen LogP contribution in [0.1, 0.15) is 18.7 Å². The van der Waals surface area contributed by atoms with Crippen molar-refractivity contribution in [1.29, 1.82) is 0 Å². The normalized spacial score (nSPS) is 18.1. The van der Waals surface area contributed by atoms with E-state index in [1.165, 1.54) is 11.8 Å². The van der Waals surface area contributed by atoms with Gasteiger partial charge in [0, 0.05) is 25.0 Å². The molecule has 138 valence electrons. The van der Waals surface area contributed by atoms with Crippen LogP contribution in [0.4, 0.5) is 5.69 Å². The monoisotopic (exact) mass is 379 g/mol. The molecule has 0 bridgehead atoms. The fourth-order valence-electron chi connectivity index (χ4n) is 3.19. The van der Waals surface area contributed by atoms with Crippen LogP contribution in [0.15, 0.2) is 58.6 Å². The van der Waals surface area contributed by atoms with Crippen molar-refractivity contribution in [3.63, 3.8) is 0 Å². The van der Waals surface area contributed by atoms with Crippen LogP contribution in [-0.4, -0.2) is 35.9 Å². The van der Waals surface area contributed by atoms with E-state index < -0.39 is 0 Å². The van der Waals surface area contributed by atoms with Gasteiger partial charge in [0.25, 0.3) is 5.91 Å². The lowest BCUT2D eigenvalue weighted by molar-refractivity contribution is -0.116. The zero-order chi connectivity index (χ0) is 19.0. The molecular weight excluding hydrogens is 358 g/mol. The smallest absolute Gasteiger partial charge is 0.276 e. The van der Waals surface area contributed by atoms with E-state index in [0.29, 0.717) is 10.9 Å². The summed E-state index contributed by atoms with van der Waals surface area (Å²) in [6, 6.07) is 15.9. The fourth-order valence-corrected chi connectivity index (χ4v) is 3.77. The van der Waals surface area contributed by atoms with Crippen LogP contribution in [0.25, 0.3) is 5.70 Å². The highest BCUT2D eigenvalue weighted by atomic mass is 32.2. The molecule has 0 fully saturated rings. The first-order valence-electron chi connectivity index (χ1n) is 8.85. The highest BCUT2D eigenvalue weighted by molar-refractivity contribution is 8.13. The summed E-state index contributed by atoms with van der Waals surface area (Å²) >= 11 is 1.51. The van der Waals surface area contributed by atoms with E-state index in [4.69, 9.17) is 10.1 Å². The molecule has 0 saturated heterocycles. The van der Waals surface area contributed by atoms with Crippen molar-refractivity contribution in [2.75, 3.05) is 24.7 Å². The first-order chi connectivity index (χ1) is 13.1. The third-order valence-corrected chi connectivity index (χ3v) is 5.25. The molecule has 2 aromatic rings. The maximum absolute atomic E-state index is 12.9. The number of hydrogen-bond acceptors (Lipinski definition) is 6. The van der Waals surface area contributed by atoms with Gasteiger partial charge in [0.1, 0.15) is 5.70 Å². The zero-order valence-electron chi connectivity index (χ0n) is 15.5. The third kappa shape index (κ3) is 3.19.